The van der Waals surface area contributed by atoms with Crippen molar-refractivity contribution in [2.24, 2.45) is 5.92 Å². The number of hydrogen-bond donors (Lipinski definition) is 2. The number of anilines is 4. The van der Waals surface area contributed by atoms with Crippen LogP contribution >= 0.6 is 0 Å². The maximum atomic E-state index is 13.2. The van der Waals surface area contributed by atoms with E-state index in [2.05, 4.69) is 58.0 Å². The van der Waals surface area contributed by atoms with Crippen LogP contribution in [0.25, 0.3) is 11.0 Å². The number of unbranched alkanes of at least 4 members (excludes halogenated alkanes) is 2. The van der Waals surface area contributed by atoms with E-state index in [1.807, 2.05) is 29.3 Å². The van der Waals surface area contributed by atoms with Crippen molar-refractivity contribution in [3.05, 3.63) is 65.6 Å². The number of aromatic nitrogens is 4. The summed E-state index contributed by atoms with van der Waals surface area (Å²) >= 11 is 0. The first-order chi connectivity index (χ1) is 30.7. The Labute approximate surface area is 370 Å². The van der Waals surface area contributed by atoms with Crippen molar-refractivity contribution < 1.29 is 19.2 Å². The average Bonchev–Trinajstić information content (AvgIpc) is 4.04. The fourth-order valence-electron chi connectivity index (χ4n) is 10.1. The Morgan fingerprint density at radius 2 is 1.51 bits per heavy atom. The lowest BCUT2D eigenvalue weighted by Crippen LogP contribution is -2.51. The van der Waals surface area contributed by atoms with E-state index in [1.54, 1.807) is 25.2 Å². The van der Waals surface area contributed by atoms with Crippen LogP contribution in [0.4, 0.5) is 23.1 Å². The Hall–Kier alpha value is -5.61. The van der Waals surface area contributed by atoms with Gasteiger partial charge in [-0.1, -0.05) is 25.7 Å². The van der Waals surface area contributed by atoms with Crippen molar-refractivity contribution >= 4 is 57.8 Å². The molecule has 5 aliphatic rings. The molecule has 334 valence electrons. The molecular formula is C47H62N12O4. The molecule has 1 unspecified atom stereocenters. The summed E-state index contributed by atoms with van der Waals surface area (Å²) in [6.07, 6.45) is 12.8. The molecule has 3 aromatic heterocycles. The molecular weight excluding hydrogens is 797 g/mol. The van der Waals surface area contributed by atoms with Gasteiger partial charge in [-0.2, -0.15) is 4.98 Å². The molecule has 63 heavy (non-hydrogen) atoms. The quantitative estimate of drug-likeness (QED) is 0.124. The zero-order chi connectivity index (χ0) is 43.5. The van der Waals surface area contributed by atoms with Gasteiger partial charge in [0.25, 0.3) is 11.8 Å². The molecule has 9 rings (SSSR count). The Balaban J connectivity index is 0.690. The van der Waals surface area contributed by atoms with Crippen LogP contribution in [0, 0.1) is 5.92 Å². The largest absolute Gasteiger partial charge is 0.369 e. The number of carbonyl (C=O) groups is 4. The lowest BCUT2D eigenvalue weighted by Gasteiger charge is -2.39. The summed E-state index contributed by atoms with van der Waals surface area (Å²) in [4.78, 5) is 77.5. The van der Waals surface area contributed by atoms with Gasteiger partial charge in [0.05, 0.1) is 11.9 Å². The van der Waals surface area contributed by atoms with Crippen LogP contribution in [0.2, 0.25) is 0 Å². The number of nitrogens with zero attached hydrogens (tertiary/aromatic N) is 10. The summed E-state index contributed by atoms with van der Waals surface area (Å²) in [7, 11) is 3.58. The minimum atomic E-state index is -0.164. The van der Waals surface area contributed by atoms with E-state index >= 15 is 0 Å². The predicted octanol–water partition coefficient (Wildman–Crippen LogP) is 4.90. The summed E-state index contributed by atoms with van der Waals surface area (Å²) in [5.74, 6) is 0.898. The standard InChI is InChI=1S/C47H62N12O4/c1-53(2)46(63)40-29-34-30-49-47(52-43(34)59(40)36-9-5-6-10-36)50-41-15-13-38(31-48-41)57-26-22-55(23-27-57)19-18-54-20-24-56(25-21-54)37-12-14-39-35(28-37)32-58(45(39)62)17-7-3-4-8-33-11-16-42(60)51-44(33)61/h12-15,28-31,33,36H,3-11,16-27,32H2,1-2H3,(H,51,60,61)(H,48,49,50,52). The maximum Gasteiger partial charge on any atom is 0.270 e. The topological polar surface area (TPSA) is 155 Å². The zero-order valence-corrected chi connectivity index (χ0v) is 36.9. The van der Waals surface area contributed by atoms with Crippen molar-refractivity contribution in [2.75, 3.05) is 101 Å². The highest BCUT2D eigenvalue weighted by atomic mass is 16.2. The Morgan fingerprint density at radius 1 is 0.794 bits per heavy atom. The number of pyridine rings is 1. The molecule has 3 saturated heterocycles. The van der Waals surface area contributed by atoms with Gasteiger partial charge in [0.15, 0.2) is 0 Å². The molecule has 1 saturated carbocycles. The Kier molecular flexibility index (Phi) is 12.9. The summed E-state index contributed by atoms with van der Waals surface area (Å²) in [5.41, 5.74) is 5.71. The molecule has 4 aliphatic heterocycles. The molecule has 0 spiro atoms. The van der Waals surface area contributed by atoms with Gasteiger partial charge in [0.1, 0.15) is 17.2 Å². The number of benzene rings is 1. The number of fused-ring (bicyclic) bond motifs is 2. The van der Waals surface area contributed by atoms with E-state index in [0.717, 1.165) is 151 Å². The minimum absolute atomic E-state index is 0.0188. The number of amides is 4. The van der Waals surface area contributed by atoms with E-state index in [1.165, 1.54) is 5.69 Å². The summed E-state index contributed by atoms with van der Waals surface area (Å²) in [6.45, 7) is 11.4. The maximum absolute atomic E-state index is 13.2. The second-order valence-electron chi connectivity index (χ2n) is 18.3. The SMILES string of the molecule is CN(C)C(=O)c1cc2cnc(Nc3ccc(N4CCN(CCN5CCN(c6ccc7c(c6)CN(CCCCCC6CCC(=O)NC6=O)C7=O)CC5)CC4)cn3)nc2n1C1CCCC1. The number of rotatable bonds is 15. The smallest absolute Gasteiger partial charge is 0.270 e. The average molecular weight is 859 g/mol. The van der Waals surface area contributed by atoms with Gasteiger partial charge in [-0.25, -0.2) is 9.97 Å². The lowest BCUT2D eigenvalue weighted by atomic mass is 9.92. The zero-order valence-electron chi connectivity index (χ0n) is 36.9. The molecule has 2 N–H and O–H groups in total. The van der Waals surface area contributed by atoms with Crippen molar-refractivity contribution in [1.82, 2.24) is 44.4 Å². The summed E-state index contributed by atoms with van der Waals surface area (Å²) in [5, 5.41) is 6.62. The molecule has 4 aromatic rings. The van der Waals surface area contributed by atoms with Gasteiger partial charge in [-0.05, 0) is 74.1 Å². The molecule has 0 bridgehead atoms. The molecule has 4 fully saturated rings. The number of piperazine rings is 2. The van der Waals surface area contributed by atoms with Crippen LogP contribution in [0.3, 0.4) is 0 Å². The summed E-state index contributed by atoms with van der Waals surface area (Å²) < 4.78 is 2.13. The number of carbonyl (C=O) groups excluding carboxylic acids is 4. The third kappa shape index (κ3) is 9.66. The highest BCUT2D eigenvalue weighted by Gasteiger charge is 2.30. The lowest BCUT2D eigenvalue weighted by molar-refractivity contribution is -0.136. The highest BCUT2D eigenvalue weighted by Crippen LogP contribution is 2.35. The first-order valence-corrected chi connectivity index (χ1v) is 23.2. The number of hydrogen-bond acceptors (Lipinski definition) is 12. The van der Waals surface area contributed by atoms with Crippen LogP contribution in [-0.2, 0) is 16.1 Å². The number of imide groups is 1. The number of piperidine rings is 1. The van der Waals surface area contributed by atoms with Gasteiger partial charge in [0, 0.05) is 134 Å². The van der Waals surface area contributed by atoms with Crippen LogP contribution < -0.4 is 20.4 Å². The fraction of sp³-hybridized carbons (Fsp3) is 0.553. The van der Waals surface area contributed by atoms with Crippen molar-refractivity contribution in [3.8, 4) is 0 Å². The van der Waals surface area contributed by atoms with E-state index in [4.69, 9.17) is 9.97 Å². The first-order valence-electron chi connectivity index (χ1n) is 23.2. The van der Waals surface area contributed by atoms with E-state index < -0.39 is 0 Å². The molecule has 16 nitrogen and oxygen atoms in total. The van der Waals surface area contributed by atoms with Gasteiger partial charge in [-0.3, -0.25) is 34.3 Å². The van der Waals surface area contributed by atoms with Crippen LogP contribution in [0.15, 0.2) is 48.8 Å². The molecule has 0 radical (unpaired) electrons. The minimum Gasteiger partial charge on any atom is -0.369 e. The van der Waals surface area contributed by atoms with Crippen molar-refractivity contribution in [2.45, 2.75) is 76.8 Å². The monoisotopic (exact) mass is 859 g/mol. The molecule has 16 heteroatoms. The van der Waals surface area contributed by atoms with Gasteiger partial charge in [0.2, 0.25) is 17.8 Å². The van der Waals surface area contributed by atoms with Crippen LogP contribution in [0.5, 0.6) is 0 Å². The first kappa shape index (κ1) is 42.7. The van der Waals surface area contributed by atoms with Crippen molar-refractivity contribution in [3.63, 3.8) is 0 Å². The highest BCUT2D eigenvalue weighted by molar-refractivity contribution is 6.00. The van der Waals surface area contributed by atoms with Gasteiger partial charge in [-0.15, -0.1) is 0 Å². The van der Waals surface area contributed by atoms with Crippen LogP contribution in [0.1, 0.15) is 96.7 Å². The van der Waals surface area contributed by atoms with E-state index in [-0.39, 0.29) is 35.6 Å². The molecule has 1 aliphatic carbocycles. The van der Waals surface area contributed by atoms with E-state index in [9.17, 15) is 19.2 Å². The third-order valence-electron chi connectivity index (χ3n) is 13.9. The Bertz CT molecular complexity index is 2290. The second kappa shape index (κ2) is 19.0. The predicted molar refractivity (Wildman–Crippen MR) is 243 cm³/mol. The second-order valence-corrected chi connectivity index (χ2v) is 18.3. The summed E-state index contributed by atoms with van der Waals surface area (Å²) in [6, 6.07) is 12.6. The fourth-order valence-corrected chi connectivity index (χ4v) is 10.1. The molecule has 1 atom stereocenters. The third-order valence-corrected chi connectivity index (χ3v) is 13.9. The molecule has 4 amide bonds. The van der Waals surface area contributed by atoms with Crippen LogP contribution in [-0.4, -0.2) is 149 Å². The van der Waals surface area contributed by atoms with Gasteiger partial charge < -0.3 is 29.5 Å². The van der Waals surface area contributed by atoms with Crippen molar-refractivity contribution in [1.29, 1.82) is 0 Å². The molecule has 7 heterocycles. The van der Waals surface area contributed by atoms with E-state index in [0.29, 0.717) is 36.8 Å². The number of nitrogens with one attached hydrogen (secondary N) is 2. The van der Waals surface area contributed by atoms with Gasteiger partial charge >= 0.3 is 0 Å². The molecule has 1 aromatic carbocycles. The Morgan fingerprint density at radius 3 is 2.19 bits per heavy atom. The normalized spacial score (nSPS) is 20.2.